The summed E-state index contributed by atoms with van der Waals surface area (Å²) in [7, 11) is 0. The summed E-state index contributed by atoms with van der Waals surface area (Å²) in [6.45, 7) is 14.0. The van der Waals surface area contributed by atoms with Gasteiger partial charge in [-0.15, -0.1) is 0 Å². The molecule has 0 spiro atoms. The summed E-state index contributed by atoms with van der Waals surface area (Å²) in [6, 6.07) is 26.4. The molecule has 4 nitrogen and oxygen atoms in total. The molecule has 0 aliphatic carbocycles. The first kappa shape index (κ1) is 32.4. The Labute approximate surface area is 244 Å². The van der Waals surface area contributed by atoms with Gasteiger partial charge in [-0.3, -0.25) is 4.79 Å². The fourth-order valence-electron chi connectivity index (χ4n) is 5.10. The van der Waals surface area contributed by atoms with Gasteiger partial charge in [-0.25, -0.2) is 0 Å². The quantitative estimate of drug-likeness (QED) is 0.296. The predicted molar refractivity (Wildman–Crippen MR) is 164 cm³/mol. The maximum absolute atomic E-state index is 10.5. The smallest absolute Gasteiger partial charge is 0.207 e. The van der Waals surface area contributed by atoms with E-state index in [0.29, 0.717) is 23.0 Å². The molecule has 1 aliphatic heterocycles. The number of benzene rings is 3. The summed E-state index contributed by atoms with van der Waals surface area (Å²) >= 11 is 12.4. The first-order chi connectivity index (χ1) is 18.6. The van der Waals surface area contributed by atoms with Gasteiger partial charge in [0.2, 0.25) is 6.41 Å². The molecular formula is C33H41Cl2N3O. The highest BCUT2D eigenvalue weighted by Gasteiger charge is 2.53. The third kappa shape index (κ3) is 8.83. The minimum atomic E-state index is -0.664. The molecular weight excluding hydrogens is 525 g/mol. The lowest BCUT2D eigenvalue weighted by Gasteiger charge is -2.37. The van der Waals surface area contributed by atoms with Gasteiger partial charge in [0.25, 0.3) is 0 Å². The second-order valence-corrected chi connectivity index (χ2v) is 11.7. The van der Waals surface area contributed by atoms with Crippen LogP contribution in [0.15, 0.2) is 72.8 Å². The molecule has 1 unspecified atom stereocenters. The monoisotopic (exact) mass is 565 g/mol. The first-order valence-electron chi connectivity index (χ1n) is 13.5. The van der Waals surface area contributed by atoms with Crippen molar-refractivity contribution < 1.29 is 4.79 Å². The molecule has 208 valence electrons. The number of carbonyl (C=O) groups is 1. The van der Waals surface area contributed by atoms with Crippen LogP contribution in [-0.2, 0) is 16.8 Å². The molecule has 1 aliphatic rings. The lowest BCUT2D eigenvalue weighted by molar-refractivity contribution is -0.109. The third-order valence-corrected chi connectivity index (χ3v) is 7.20. The molecule has 0 aromatic heterocycles. The normalized spacial score (nSPS) is 20.0. The van der Waals surface area contributed by atoms with Crippen LogP contribution in [0.2, 0.25) is 10.0 Å². The molecule has 0 bridgehead atoms. The van der Waals surface area contributed by atoms with Crippen molar-refractivity contribution in [1.29, 1.82) is 5.26 Å². The lowest BCUT2D eigenvalue weighted by atomic mass is 9.64. The van der Waals surface area contributed by atoms with E-state index in [2.05, 4.69) is 49.6 Å². The number of rotatable bonds is 6. The van der Waals surface area contributed by atoms with Crippen LogP contribution in [0, 0.1) is 23.7 Å². The highest BCUT2D eigenvalue weighted by atomic mass is 35.5. The number of nitrogens with zero attached hydrogens (tertiary/aromatic N) is 1. The number of nitrogens with one attached hydrogen (secondary N) is 2. The number of hydrogen-bond donors (Lipinski definition) is 2. The van der Waals surface area contributed by atoms with E-state index in [1.54, 1.807) is 0 Å². The van der Waals surface area contributed by atoms with Gasteiger partial charge < -0.3 is 10.6 Å². The topological polar surface area (TPSA) is 64.9 Å². The van der Waals surface area contributed by atoms with Gasteiger partial charge in [-0.05, 0) is 59.7 Å². The standard InChI is InChI=1S/C22H24Cl2N2.C9H11NO.C2H6/c1-21(2,3)12-20-22(14-25,16-7-9-17(23)10-8-16)19(13-26-20)15-5-4-6-18(24)11-15;1-8-3-2-4-9(5-8)6-10-7-11;1-2/h4-11,19-20,26H,12-13H2,1-3H3;2-5,7H,6H2,1H3,(H,10,11);1-2H3/t19?,20-,22+;;/m0../s1. The summed E-state index contributed by atoms with van der Waals surface area (Å²) in [6.07, 6.45) is 1.61. The molecule has 3 aromatic rings. The van der Waals surface area contributed by atoms with Crippen LogP contribution in [0.5, 0.6) is 0 Å². The summed E-state index contributed by atoms with van der Waals surface area (Å²) in [5.41, 5.74) is 3.90. The summed E-state index contributed by atoms with van der Waals surface area (Å²) in [5.74, 6) is 0.0275. The molecule has 0 saturated carbocycles. The highest BCUT2D eigenvalue weighted by molar-refractivity contribution is 6.30. The van der Waals surface area contributed by atoms with E-state index in [9.17, 15) is 10.1 Å². The average Bonchev–Trinajstić information content (AvgIpc) is 3.27. The third-order valence-electron chi connectivity index (χ3n) is 6.71. The molecule has 1 fully saturated rings. The number of nitriles is 1. The van der Waals surface area contributed by atoms with E-state index in [1.165, 1.54) is 5.56 Å². The zero-order chi connectivity index (χ0) is 29.1. The SMILES string of the molecule is CC.CC(C)(C)C[C@@H]1NCC(c2cccc(Cl)c2)[C@@]1(C#N)c1ccc(Cl)cc1.Cc1cccc(CNC=O)c1. The number of aryl methyl sites for hydroxylation is 1. The Morgan fingerprint density at radius 2 is 1.69 bits per heavy atom. The summed E-state index contributed by atoms with van der Waals surface area (Å²) < 4.78 is 0. The number of hydrogen-bond acceptors (Lipinski definition) is 3. The van der Waals surface area contributed by atoms with Gasteiger partial charge in [0.15, 0.2) is 0 Å². The minimum Gasteiger partial charge on any atom is -0.355 e. The molecule has 4 rings (SSSR count). The van der Waals surface area contributed by atoms with Crippen LogP contribution in [-0.4, -0.2) is 19.0 Å². The van der Waals surface area contributed by atoms with E-state index in [0.717, 1.165) is 29.7 Å². The first-order valence-corrected chi connectivity index (χ1v) is 14.2. The van der Waals surface area contributed by atoms with E-state index in [1.807, 2.05) is 81.4 Å². The molecule has 1 amide bonds. The van der Waals surface area contributed by atoms with Gasteiger partial charge in [0.05, 0.1) is 6.07 Å². The zero-order valence-corrected chi connectivity index (χ0v) is 25.4. The van der Waals surface area contributed by atoms with Gasteiger partial charge >= 0.3 is 0 Å². The van der Waals surface area contributed by atoms with E-state index in [-0.39, 0.29) is 17.4 Å². The average molecular weight is 567 g/mol. The molecule has 39 heavy (non-hydrogen) atoms. The van der Waals surface area contributed by atoms with Crippen molar-refractivity contribution in [2.75, 3.05) is 6.54 Å². The van der Waals surface area contributed by atoms with E-state index < -0.39 is 5.41 Å². The Bertz CT molecular complexity index is 1230. The van der Waals surface area contributed by atoms with Gasteiger partial charge in [-0.1, -0.05) is 112 Å². The van der Waals surface area contributed by atoms with Crippen molar-refractivity contribution in [1.82, 2.24) is 10.6 Å². The van der Waals surface area contributed by atoms with Gasteiger partial charge in [-0.2, -0.15) is 5.26 Å². The minimum absolute atomic E-state index is 0.0275. The fourth-order valence-corrected chi connectivity index (χ4v) is 5.43. The van der Waals surface area contributed by atoms with Crippen LogP contribution in [0.25, 0.3) is 0 Å². The zero-order valence-electron chi connectivity index (χ0n) is 23.9. The molecule has 1 heterocycles. The second-order valence-electron chi connectivity index (χ2n) is 10.8. The molecule has 3 atom stereocenters. The Kier molecular flexibility index (Phi) is 12.5. The predicted octanol–water partition coefficient (Wildman–Crippen LogP) is 8.21. The van der Waals surface area contributed by atoms with Crippen molar-refractivity contribution in [3.05, 3.63) is 105 Å². The van der Waals surface area contributed by atoms with Crippen LogP contribution in [0.1, 0.15) is 69.2 Å². The Balaban J connectivity index is 0.000000343. The lowest BCUT2D eigenvalue weighted by Crippen LogP contribution is -2.44. The van der Waals surface area contributed by atoms with Crippen LogP contribution in [0.4, 0.5) is 0 Å². The van der Waals surface area contributed by atoms with Crippen molar-refractivity contribution in [2.24, 2.45) is 5.41 Å². The molecule has 6 heteroatoms. The summed E-state index contributed by atoms with van der Waals surface area (Å²) in [4.78, 5) is 9.95. The van der Waals surface area contributed by atoms with Gasteiger partial charge in [0, 0.05) is 35.1 Å². The highest BCUT2D eigenvalue weighted by Crippen LogP contribution is 2.48. The fraction of sp³-hybridized carbons (Fsp3) is 0.394. The van der Waals surface area contributed by atoms with E-state index >= 15 is 0 Å². The van der Waals surface area contributed by atoms with Gasteiger partial charge in [0.1, 0.15) is 5.41 Å². The molecule has 1 saturated heterocycles. The van der Waals surface area contributed by atoms with Crippen molar-refractivity contribution in [3.63, 3.8) is 0 Å². The van der Waals surface area contributed by atoms with Crippen molar-refractivity contribution in [3.8, 4) is 6.07 Å². The number of amides is 1. The maximum atomic E-state index is 10.5. The van der Waals surface area contributed by atoms with E-state index in [4.69, 9.17) is 23.2 Å². The van der Waals surface area contributed by atoms with Crippen LogP contribution < -0.4 is 10.6 Å². The summed E-state index contributed by atoms with van der Waals surface area (Å²) in [5, 5.41) is 18.1. The number of carbonyl (C=O) groups excluding carboxylic acids is 1. The number of halogens is 2. The molecule has 0 radical (unpaired) electrons. The molecule has 2 N–H and O–H groups in total. The Morgan fingerprint density at radius 3 is 2.26 bits per heavy atom. The van der Waals surface area contributed by atoms with Crippen molar-refractivity contribution >= 4 is 29.6 Å². The Morgan fingerprint density at radius 1 is 1.03 bits per heavy atom. The second kappa shape index (κ2) is 15.1. The largest absolute Gasteiger partial charge is 0.355 e. The van der Waals surface area contributed by atoms with Crippen molar-refractivity contribution in [2.45, 2.75) is 71.9 Å². The maximum Gasteiger partial charge on any atom is 0.207 e. The van der Waals surface area contributed by atoms with Crippen LogP contribution >= 0.6 is 23.2 Å². The molecule has 3 aromatic carbocycles. The van der Waals surface area contributed by atoms with Crippen LogP contribution in [0.3, 0.4) is 0 Å². The Hall–Kier alpha value is -2.84.